The zero-order valence-electron chi connectivity index (χ0n) is 17.8. The van der Waals surface area contributed by atoms with Crippen molar-refractivity contribution in [1.29, 1.82) is 0 Å². The molecule has 3 N–H and O–H groups in total. The minimum absolute atomic E-state index is 0.370. The zero-order chi connectivity index (χ0) is 21.3. The molecule has 0 bridgehead atoms. The number of aromatic nitrogens is 2. The van der Waals surface area contributed by atoms with Gasteiger partial charge >= 0.3 is 11.7 Å². The molecular weight excluding hydrogens is 368 g/mol. The number of fused-ring (bicyclic) bond motifs is 1. The first-order chi connectivity index (χ1) is 13.6. The van der Waals surface area contributed by atoms with Crippen LogP contribution in [-0.4, -0.2) is 27.1 Å². The SMILES string of the molecule is Cc1ccc2c(c1)n(C(=O)N[C@H](C(N)=O)C(C)(C)C)c(=O)n2CC1CCCCC1. The third kappa shape index (κ3) is 4.38. The van der Waals surface area contributed by atoms with Crippen molar-refractivity contribution in [3.05, 3.63) is 34.2 Å². The highest BCUT2D eigenvalue weighted by Gasteiger charge is 2.32. The van der Waals surface area contributed by atoms with Gasteiger partial charge in [-0.25, -0.2) is 14.2 Å². The fraction of sp³-hybridized carbons (Fsp3) is 0.591. The second-order valence-corrected chi connectivity index (χ2v) is 9.38. The largest absolute Gasteiger partial charge is 0.368 e. The summed E-state index contributed by atoms with van der Waals surface area (Å²) in [6, 6.07) is 4.18. The van der Waals surface area contributed by atoms with Gasteiger partial charge in [0.15, 0.2) is 0 Å². The predicted molar refractivity (Wildman–Crippen MR) is 114 cm³/mol. The van der Waals surface area contributed by atoms with E-state index in [1.165, 1.54) is 19.3 Å². The van der Waals surface area contributed by atoms with Crippen LogP contribution in [0.15, 0.2) is 23.0 Å². The van der Waals surface area contributed by atoms with Crippen LogP contribution in [0.1, 0.15) is 58.4 Å². The van der Waals surface area contributed by atoms with Crippen molar-refractivity contribution in [2.75, 3.05) is 0 Å². The summed E-state index contributed by atoms with van der Waals surface area (Å²) in [6.07, 6.45) is 5.82. The minimum Gasteiger partial charge on any atom is -0.368 e. The normalized spacial score (nSPS) is 16.7. The van der Waals surface area contributed by atoms with Gasteiger partial charge in [-0.3, -0.25) is 9.36 Å². The average molecular weight is 401 g/mol. The molecule has 0 unspecified atom stereocenters. The first kappa shape index (κ1) is 21.1. The van der Waals surface area contributed by atoms with Crippen LogP contribution in [0.4, 0.5) is 4.79 Å². The van der Waals surface area contributed by atoms with Crippen molar-refractivity contribution < 1.29 is 9.59 Å². The van der Waals surface area contributed by atoms with E-state index in [-0.39, 0.29) is 5.69 Å². The summed E-state index contributed by atoms with van der Waals surface area (Å²) in [4.78, 5) is 38.3. The van der Waals surface area contributed by atoms with E-state index in [0.717, 1.165) is 28.5 Å². The number of nitrogens with zero attached hydrogens (tertiary/aromatic N) is 2. The van der Waals surface area contributed by atoms with Crippen LogP contribution in [0.25, 0.3) is 11.0 Å². The van der Waals surface area contributed by atoms with E-state index in [1.807, 2.05) is 45.9 Å². The first-order valence-corrected chi connectivity index (χ1v) is 10.4. The number of primary amides is 1. The fourth-order valence-corrected chi connectivity index (χ4v) is 4.27. The smallest absolute Gasteiger partial charge is 0.337 e. The predicted octanol–water partition coefficient (Wildman–Crippen LogP) is 3.15. The van der Waals surface area contributed by atoms with E-state index in [9.17, 15) is 14.4 Å². The number of carbonyl (C=O) groups is 2. The van der Waals surface area contributed by atoms with Crippen LogP contribution in [0.3, 0.4) is 0 Å². The van der Waals surface area contributed by atoms with Crippen molar-refractivity contribution in [2.45, 2.75) is 72.4 Å². The molecule has 158 valence electrons. The maximum Gasteiger partial charge on any atom is 0.337 e. The van der Waals surface area contributed by atoms with Crippen molar-refractivity contribution in [3.8, 4) is 0 Å². The highest BCUT2D eigenvalue weighted by atomic mass is 16.2. The van der Waals surface area contributed by atoms with Gasteiger partial charge in [-0.1, -0.05) is 46.1 Å². The third-order valence-corrected chi connectivity index (χ3v) is 5.87. The number of imidazole rings is 1. The van der Waals surface area contributed by atoms with Gasteiger partial charge in [0.25, 0.3) is 0 Å². The molecule has 7 heteroatoms. The average Bonchev–Trinajstić information content (AvgIpc) is 2.90. The molecule has 1 aliphatic carbocycles. The lowest BCUT2D eigenvalue weighted by Gasteiger charge is -2.28. The molecule has 2 aromatic rings. The molecule has 0 spiro atoms. The van der Waals surface area contributed by atoms with Crippen molar-refractivity contribution in [1.82, 2.24) is 14.5 Å². The quantitative estimate of drug-likeness (QED) is 0.824. The van der Waals surface area contributed by atoms with Crippen LogP contribution in [0.5, 0.6) is 0 Å². The minimum atomic E-state index is -0.886. The first-order valence-electron chi connectivity index (χ1n) is 10.4. The molecule has 3 rings (SSSR count). The summed E-state index contributed by atoms with van der Waals surface area (Å²) in [5.74, 6) is -0.182. The summed E-state index contributed by atoms with van der Waals surface area (Å²) >= 11 is 0. The molecule has 1 aromatic carbocycles. The second-order valence-electron chi connectivity index (χ2n) is 9.38. The molecule has 7 nitrogen and oxygen atoms in total. The van der Waals surface area contributed by atoms with Crippen LogP contribution >= 0.6 is 0 Å². The highest BCUT2D eigenvalue weighted by Crippen LogP contribution is 2.26. The number of aryl methyl sites for hydroxylation is 1. The maximum absolute atomic E-state index is 13.3. The molecule has 1 atom stereocenters. The Kier molecular flexibility index (Phi) is 5.87. The lowest BCUT2D eigenvalue weighted by Crippen LogP contribution is -2.54. The Morgan fingerprint density at radius 3 is 2.41 bits per heavy atom. The van der Waals surface area contributed by atoms with Crippen LogP contribution in [0, 0.1) is 18.3 Å². The second kappa shape index (κ2) is 8.05. The number of rotatable bonds is 4. The van der Waals surface area contributed by atoms with Gasteiger partial charge in [0.1, 0.15) is 6.04 Å². The number of nitrogens with two attached hydrogens (primary N) is 1. The molecule has 2 amide bonds. The van der Waals surface area contributed by atoms with Gasteiger partial charge in [-0.2, -0.15) is 0 Å². The van der Waals surface area contributed by atoms with E-state index in [4.69, 9.17) is 5.73 Å². The summed E-state index contributed by atoms with van der Waals surface area (Å²) in [5, 5.41) is 2.68. The van der Waals surface area contributed by atoms with Crippen LogP contribution in [0.2, 0.25) is 0 Å². The number of nitrogens with one attached hydrogen (secondary N) is 1. The van der Waals surface area contributed by atoms with Gasteiger partial charge in [0, 0.05) is 6.54 Å². The summed E-state index contributed by atoms with van der Waals surface area (Å²) < 4.78 is 2.85. The monoisotopic (exact) mass is 400 g/mol. The van der Waals surface area contributed by atoms with Crippen LogP contribution < -0.4 is 16.7 Å². The van der Waals surface area contributed by atoms with E-state index in [0.29, 0.717) is 18.0 Å². The molecule has 1 aromatic heterocycles. The molecular formula is C22H32N4O3. The Labute approximate surface area is 171 Å². The molecule has 29 heavy (non-hydrogen) atoms. The Hall–Kier alpha value is -2.57. The molecule has 1 fully saturated rings. The number of hydrogen-bond donors (Lipinski definition) is 2. The summed E-state index contributed by atoms with van der Waals surface area (Å²) in [6.45, 7) is 8.00. The maximum atomic E-state index is 13.3. The van der Waals surface area contributed by atoms with Crippen molar-refractivity contribution in [2.24, 2.45) is 17.1 Å². The Morgan fingerprint density at radius 1 is 1.17 bits per heavy atom. The topological polar surface area (TPSA) is 99.1 Å². The number of hydrogen-bond acceptors (Lipinski definition) is 3. The number of amides is 2. The van der Waals surface area contributed by atoms with Gasteiger partial charge < -0.3 is 11.1 Å². The summed E-state index contributed by atoms with van der Waals surface area (Å²) in [7, 11) is 0. The molecule has 0 saturated heterocycles. The lowest BCUT2D eigenvalue weighted by molar-refractivity contribution is -0.122. The summed E-state index contributed by atoms with van der Waals surface area (Å²) in [5.41, 5.74) is 6.82. The Bertz CT molecular complexity index is 974. The number of benzene rings is 1. The van der Waals surface area contributed by atoms with Gasteiger partial charge in [-0.15, -0.1) is 0 Å². The molecule has 1 aliphatic rings. The van der Waals surface area contributed by atoms with E-state index >= 15 is 0 Å². The Morgan fingerprint density at radius 2 is 1.83 bits per heavy atom. The standard InChI is InChI=1S/C22H32N4O3/c1-14-10-11-16-17(12-14)26(20(28)24-18(19(23)27)22(2,3)4)21(29)25(16)13-15-8-6-5-7-9-15/h10-12,15,18H,5-9,13H2,1-4H3,(H2,23,27)(H,24,28)/t18-/m1/s1. The van der Waals surface area contributed by atoms with E-state index < -0.39 is 23.4 Å². The van der Waals surface area contributed by atoms with Gasteiger partial charge in [0.2, 0.25) is 5.91 Å². The molecule has 0 radical (unpaired) electrons. The van der Waals surface area contributed by atoms with Gasteiger partial charge in [-0.05, 0) is 48.8 Å². The van der Waals surface area contributed by atoms with Crippen molar-refractivity contribution >= 4 is 23.0 Å². The van der Waals surface area contributed by atoms with Gasteiger partial charge in [0.05, 0.1) is 11.0 Å². The molecule has 0 aliphatic heterocycles. The van der Waals surface area contributed by atoms with Crippen LogP contribution in [-0.2, 0) is 11.3 Å². The van der Waals surface area contributed by atoms with Crippen molar-refractivity contribution in [3.63, 3.8) is 0 Å². The fourth-order valence-electron chi connectivity index (χ4n) is 4.27. The van der Waals surface area contributed by atoms with E-state index in [2.05, 4.69) is 5.32 Å². The lowest BCUT2D eigenvalue weighted by atomic mass is 9.86. The molecule has 1 heterocycles. The third-order valence-electron chi connectivity index (χ3n) is 5.87. The van der Waals surface area contributed by atoms with E-state index in [1.54, 1.807) is 4.57 Å². The molecule has 1 saturated carbocycles. The zero-order valence-corrected chi connectivity index (χ0v) is 17.8. The number of carbonyl (C=O) groups excluding carboxylic acids is 2. The Balaban J connectivity index is 2.03. The highest BCUT2D eigenvalue weighted by molar-refractivity contribution is 5.93.